The number of carbonyl (C=O) groups is 1. The van der Waals surface area contributed by atoms with E-state index in [4.69, 9.17) is 14.0 Å². The topological polar surface area (TPSA) is 123 Å². The van der Waals surface area contributed by atoms with Crippen molar-refractivity contribution in [3.8, 4) is 11.5 Å². The Balaban J connectivity index is 1.01. The fraction of sp³-hybridized carbons (Fsp3) is 0.467. The van der Waals surface area contributed by atoms with Gasteiger partial charge in [0.25, 0.3) is 0 Å². The van der Waals surface area contributed by atoms with E-state index in [-0.39, 0.29) is 29.4 Å². The first-order chi connectivity index (χ1) is 19.9. The summed E-state index contributed by atoms with van der Waals surface area (Å²) in [5, 5.41) is 29.0. The molecule has 1 saturated heterocycles. The summed E-state index contributed by atoms with van der Waals surface area (Å²) in [5.41, 5.74) is 1.76. The lowest BCUT2D eigenvalue weighted by atomic mass is 9.78. The van der Waals surface area contributed by atoms with Gasteiger partial charge in [0, 0.05) is 48.2 Å². The lowest BCUT2D eigenvalue weighted by Gasteiger charge is -2.38. The molecule has 3 aliphatic rings. The van der Waals surface area contributed by atoms with Crippen LogP contribution in [-0.4, -0.2) is 54.1 Å². The molecule has 10 nitrogen and oxygen atoms in total. The molecule has 2 N–H and O–H groups in total. The Morgan fingerprint density at radius 1 is 1.12 bits per heavy atom. The summed E-state index contributed by atoms with van der Waals surface area (Å²) in [4.78, 5) is 15.2. The van der Waals surface area contributed by atoms with Crippen molar-refractivity contribution in [2.45, 2.75) is 44.4 Å². The average molecular weight is 566 g/mol. The van der Waals surface area contributed by atoms with E-state index in [0.29, 0.717) is 46.9 Å². The third-order valence-corrected chi connectivity index (χ3v) is 8.68. The maximum atomic E-state index is 13.5. The van der Waals surface area contributed by atoms with Crippen LogP contribution < -0.4 is 20.0 Å². The number of piperidine rings is 1. The van der Waals surface area contributed by atoms with E-state index in [0.717, 1.165) is 62.8 Å². The Morgan fingerprint density at radius 3 is 2.66 bits per heavy atom. The molecule has 3 aromatic rings. The van der Waals surface area contributed by atoms with Gasteiger partial charge in [-0.3, -0.25) is 10.0 Å². The lowest BCUT2D eigenvalue weighted by Crippen LogP contribution is -2.42. The third kappa shape index (κ3) is 6.17. The molecule has 0 bridgehead atoms. The molecule has 2 fully saturated rings. The first kappa shape index (κ1) is 27.5. The second-order valence-corrected chi connectivity index (χ2v) is 11.2. The van der Waals surface area contributed by atoms with Crippen LogP contribution in [-0.2, 0) is 4.79 Å². The Labute approximate surface area is 237 Å². The van der Waals surface area contributed by atoms with E-state index in [1.54, 1.807) is 12.1 Å². The predicted molar refractivity (Wildman–Crippen MR) is 150 cm³/mol. The molecule has 6 rings (SSSR count). The molecule has 218 valence electrons. The van der Waals surface area contributed by atoms with Crippen molar-refractivity contribution in [1.82, 2.24) is 15.4 Å². The van der Waals surface area contributed by atoms with Crippen molar-refractivity contribution in [3.63, 3.8) is 0 Å². The number of amides is 1. The third-order valence-electron chi connectivity index (χ3n) is 8.68. The molecule has 0 unspecified atom stereocenters. The van der Waals surface area contributed by atoms with Crippen LogP contribution in [0.3, 0.4) is 0 Å². The fourth-order valence-electron chi connectivity index (χ4n) is 6.44. The van der Waals surface area contributed by atoms with Crippen LogP contribution in [0.2, 0.25) is 0 Å². The number of ether oxygens (including phenoxy) is 2. The number of carbonyl (C=O) groups excluding carboxylic acids is 1. The van der Waals surface area contributed by atoms with Crippen LogP contribution in [0.15, 0.2) is 40.9 Å². The Hall–Kier alpha value is -3.67. The number of benzene rings is 2. The molecule has 41 heavy (non-hydrogen) atoms. The fourth-order valence-corrected chi connectivity index (χ4v) is 6.44. The number of aromatic nitrogens is 1. The number of halogens is 1. The Bertz CT molecular complexity index is 1420. The minimum Gasteiger partial charge on any atom is -0.733 e. The standard InChI is InChI=1S/C30H34FN4O6/c31-23-6-7-24-26(14-23)41-33-30(24)19-9-11-34(12-10-19)17-22-4-2-1-3-21(22)16-32-29(36)8-5-20-13-27-28(40-18-39-27)15-25(20)35(37)38/h5-8,13-15,19,21-22,37H,1-4,9-12,16-18H2,(H,32,36)/q-1/b8-5+/t21-,22-/m0/s1. The SMILES string of the molecule is O=C(/C=C/c1cc2c(cc1N([O-])O)OCO2)NC[C@@H]1CCCC[C@H]1CN1CCC(c2noc3cc(F)ccc23)CC1. The summed E-state index contributed by atoms with van der Waals surface area (Å²) in [7, 11) is 0. The van der Waals surface area contributed by atoms with E-state index in [2.05, 4.69) is 15.4 Å². The molecule has 1 aliphatic carbocycles. The quantitative estimate of drug-likeness (QED) is 0.280. The first-order valence-electron chi connectivity index (χ1n) is 14.3. The van der Waals surface area contributed by atoms with E-state index in [9.17, 15) is 19.6 Å². The average Bonchev–Trinajstić information content (AvgIpc) is 3.61. The van der Waals surface area contributed by atoms with Crippen molar-refractivity contribution in [1.29, 1.82) is 0 Å². The van der Waals surface area contributed by atoms with Gasteiger partial charge in [0.2, 0.25) is 12.7 Å². The van der Waals surface area contributed by atoms with Crippen LogP contribution in [0.4, 0.5) is 10.1 Å². The normalized spacial score (nSPS) is 21.5. The molecule has 11 heteroatoms. The molecule has 1 saturated carbocycles. The van der Waals surface area contributed by atoms with Gasteiger partial charge in [-0.25, -0.2) is 4.39 Å². The van der Waals surface area contributed by atoms with Crippen LogP contribution in [0, 0.1) is 22.9 Å². The molecule has 2 aromatic carbocycles. The minimum absolute atomic E-state index is 0.0277. The number of hydrogen-bond donors (Lipinski definition) is 2. The molecule has 0 radical (unpaired) electrons. The van der Waals surface area contributed by atoms with Gasteiger partial charge in [-0.15, -0.1) is 0 Å². The smallest absolute Gasteiger partial charge is 0.244 e. The maximum Gasteiger partial charge on any atom is 0.244 e. The van der Waals surface area contributed by atoms with E-state index >= 15 is 0 Å². The second-order valence-electron chi connectivity index (χ2n) is 11.2. The molecule has 1 amide bonds. The van der Waals surface area contributed by atoms with Gasteiger partial charge in [-0.1, -0.05) is 18.0 Å². The number of nitrogens with zero attached hydrogens (tertiary/aromatic N) is 3. The molecular formula is C30H34FN4O6-. The molecule has 3 heterocycles. The minimum atomic E-state index is -0.319. The summed E-state index contributed by atoms with van der Waals surface area (Å²) < 4.78 is 29.5. The highest BCUT2D eigenvalue weighted by molar-refractivity contribution is 5.93. The number of fused-ring (bicyclic) bond motifs is 2. The monoisotopic (exact) mass is 565 g/mol. The molecule has 0 spiro atoms. The number of rotatable bonds is 8. The van der Waals surface area contributed by atoms with Crippen LogP contribution in [0.1, 0.15) is 55.7 Å². The number of likely N-dealkylation sites (tertiary alicyclic amines) is 1. The van der Waals surface area contributed by atoms with E-state index in [1.807, 2.05) is 0 Å². The van der Waals surface area contributed by atoms with E-state index < -0.39 is 0 Å². The zero-order valence-corrected chi connectivity index (χ0v) is 22.8. The number of anilines is 1. The van der Waals surface area contributed by atoms with Gasteiger partial charge in [0.1, 0.15) is 5.82 Å². The number of nitrogens with one attached hydrogen (secondary N) is 1. The Kier molecular flexibility index (Phi) is 8.09. The maximum absolute atomic E-state index is 13.5. The van der Waals surface area contributed by atoms with Gasteiger partial charge in [-0.05, 0) is 74.9 Å². The van der Waals surface area contributed by atoms with Gasteiger partial charge >= 0.3 is 0 Å². The molecule has 2 atom stereocenters. The van der Waals surface area contributed by atoms with Gasteiger partial charge in [0.15, 0.2) is 17.1 Å². The van der Waals surface area contributed by atoms with Gasteiger partial charge in [0.05, 0.1) is 11.4 Å². The first-order valence-corrected chi connectivity index (χ1v) is 14.3. The van der Waals surface area contributed by atoms with Crippen LogP contribution in [0.5, 0.6) is 11.5 Å². The highest BCUT2D eigenvalue weighted by atomic mass is 19.1. The van der Waals surface area contributed by atoms with E-state index in [1.165, 1.54) is 36.8 Å². The largest absolute Gasteiger partial charge is 0.733 e. The van der Waals surface area contributed by atoms with Crippen molar-refractivity contribution in [2.75, 3.05) is 38.2 Å². The van der Waals surface area contributed by atoms with Crippen molar-refractivity contribution in [2.24, 2.45) is 11.8 Å². The van der Waals surface area contributed by atoms with Crippen LogP contribution >= 0.6 is 0 Å². The van der Waals surface area contributed by atoms with Crippen molar-refractivity contribution >= 4 is 28.6 Å². The summed E-state index contributed by atoms with van der Waals surface area (Å²) in [6.45, 7) is 3.57. The predicted octanol–water partition coefficient (Wildman–Crippen LogP) is 5.20. The highest BCUT2D eigenvalue weighted by Gasteiger charge is 2.30. The van der Waals surface area contributed by atoms with Crippen molar-refractivity contribution < 1.29 is 28.4 Å². The summed E-state index contributed by atoms with van der Waals surface area (Å²) in [6.07, 6.45) is 9.40. The molecular weight excluding hydrogens is 531 g/mol. The zero-order valence-electron chi connectivity index (χ0n) is 22.8. The number of hydrogen-bond acceptors (Lipinski definition) is 9. The van der Waals surface area contributed by atoms with Crippen molar-refractivity contribution in [3.05, 3.63) is 58.7 Å². The lowest BCUT2D eigenvalue weighted by molar-refractivity contribution is -0.116. The Morgan fingerprint density at radius 2 is 1.88 bits per heavy atom. The second kappa shape index (κ2) is 12.1. The van der Waals surface area contributed by atoms with Crippen LogP contribution in [0.25, 0.3) is 17.0 Å². The highest BCUT2D eigenvalue weighted by Crippen LogP contribution is 2.39. The van der Waals surface area contributed by atoms with Gasteiger partial charge < -0.3 is 34.6 Å². The molecule has 2 aliphatic heterocycles. The summed E-state index contributed by atoms with van der Waals surface area (Å²) >= 11 is 0. The van der Waals surface area contributed by atoms with Gasteiger partial charge in [-0.2, -0.15) is 0 Å². The zero-order chi connectivity index (χ0) is 28.3. The summed E-state index contributed by atoms with van der Waals surface area (Å²) in [5.74, 6) is 1.44. The summed E-state index contributed by atoms with van der Waals surface area (Å²) in [6, 6.07) is 7.56. The molecule has 1 aromatic heterocycles.